The second-order valence-corrected chi connectivity index (χ2v) is 6.30. The van der Waals surface area contributed by atoms with E-state index in [4.69, 9.17) is 0 Å². The highest BCUT2D eigenvalue weighted by Gasteiger charge is 2.33. The zero-order chi connectivity index (χ0) is 17.3. The van der Waals surface area contributed by atoms with Gasteiger partial charge in [0, 0.05) is 38.6 Å². The Morgan fingerprint density at radius 3 is 2.71 bits per heavy atom. The van der Waals surface area contributed by atoms with Crippen molar-refractivity contribution in [3.05, 3.63) is 35.8 Å². The van der Waals surface area contributed by atoms with Crippen molar-refractivity contribution in [1.82, 2.24) is 19.2 Å². The minimum atomic E-state index is -0.612. The fourth-order valence-corrected chi connectivity index (χ4v) is 3.33. The molecule has 2 aromatic heterocycles. The molecule has 7 heteroatoms. The van der Waals surface area contributed by atoms with Crippen LogP contribution in [0.15, 0.2) is 24.4 Å². The average Bonchev–Trinajstić information content (AvgIpc) is 3.12. The van der Waals surface area contributed by atoms with Gasteiger partial charge in [0.2, 0.25) is 0 Å². The summed E-state index contributed by atoms with van der Waals surface area (Å²) in [5.41, 5.74) is 1.85. The van der Waals surface area contributed by atoms with Gasteiger partial charge in [0.05, 0.1) is 11.7 Å². The molecule has 1 saturated heterocycles. The molecular weight excluding hydrogens is 306 g/mol. The summed E-state index contributed by atoms with van der Waals surface area (Å²) in [5, 5.41) is 6.85. The van der Waals surface area contributed by atoms with E-state index in [2.05, 4.69) is 10.4 Å². The Balaban J connectivity index is 1.77. The molecule has 0 aliphatic carbocycles. The van der Waals surface area contributed by atoms with Crippen LogP contribution >= 0.6 is 0 Å². The summed E-state index contributed by atoms with van der Waals surface area (Å²) in [6.45, 7) is 2.44. The van der Waals surface area contributed by atoms with Crippen molar-refractivity contribution in [3.8, 4) is 0 Å². The van der Waals surface area contributed by atoms with E-state index in [0.29, 0.717) is 12.4 Å². The molecule has 0 saturated carbocycles. The molecule has 1 N–H and O–H groups in total. The number of nitrogens with one attached hydrogen (secondary N) is 1. The minimum Gasteiger partial charge on any atom is -0.353 e. The number of rotatable bonds is 2. The lowest BCUT2D eigenvalue weighted by molar-refractivity contribution is -0.146. The van der Waals surface area contributed by atoms with Gasteiger partial charge < -0.3 is 14.8 Å². The van der Waals surface area contributed by atoms with Crippen molar-refractivity contribution in [1.29, 1.82) is 0 Å². The summed E-state index contributed by atoms with van der Waals surface area (Å²) in [6.07, 6.45) is 4.82. The van der Waals surface area contributed by atoms with Gasteiger partial charge in [-0.2, -0.15) is 5.10 Å². The maximum atomic E-state index is 12.7. The number of hydrogen-bond acceptors (Lipinski definition) is 3. The Hall–Kier alpha value is -2.57. The van der Waals surface area contributed by atoms with E-state index >= 15 is 0 Å². The Morgan fingerprint density at radius 2 is 2.08 bits per heavy atom. The molecule has 1 atom stereocenters. The van der Waals surface area contributed by atoms with Crippen LogP contribution in [0.25, 0.3) is 0 Å². The van der Waals surface area contributed by atoms with E-state index in [1.807, 2.05) is 36.9 Å². The highest BCUT2D eigenvalue weighted by atomic mass is 16.2. The number of aryl methyl sites for hydroxylation is 3. The molecule has 1 aliphatic heterocycles. The van der Waals surface area contributed by atoms with E-state index < -0.39 is 11.8 Å². The van der Waals surface area contributed by atoms with E-state index in [-0.39, 0.29) is 6.04 Å². The molecule has 0 aromatic carbocycles. The SMILES string of the molecule is Cc1cc(NC(=O)C(=O)N2CCCCC2c2cccn2C)n(C)n1. The normalized spacial score (nSPS) is 17.8. The number of aromatic nitrogens is 3. The first kappa shape index (κ1) is 16.3. The molecule has 24 heavy (non-hydrogen) atoms. The van der Waals surface area contributed by atoms with Gasteiger partial charge in [0.15, 0.2) is 0 Å². The highest BCUT2D eigenvalue weighted by molar-refractivity contribution is 6.39. The number of piperidine rings is 1. The highest BCUT2D eigenvalue weighted by Crippen LogP contribution is 2.31. The van der Waals surface area contributed by atoms with Crippen molar-refractivity contribution in [2.24, 2.45) is 14.1 Å². The van der Waals surface area contributed by atoms with E-state index in [1.54, 1.807) is 22.7 Å². The molecule has 1 fully saturated rings. The fourth-order valence-electron chi connectivity index (χ4n) is 3.33. The first-order chi connectivity index (χ1) is 11.5. The summed E-state index contributed by atoms with van der Waals surface area (Å²) in [7, 11) is 3.70. The van der Waals surface area contributed by atoms with Crippen LogP contribution in [-0.2, 0) is 23.7 Å². The summed E-state index contributed by atoms with van der Waals surface area (Å²) in [4.78, 5) is 26.8. The predicted molar refractivity (Wildman–Crippen MR) is 90.3 cm³/mol. The van der Waals surface area contributed by atoms with Gasteiger partial charge in [-0.15, -0.1) is 0 Å². The maximum absolute atomic E-state index is 12.7. The molecule has 2 amide bonds. The number of nitrogens with zero attached hydrogens (tertiary/aromatic N) is 4. The van der Waals surface area contributed by atoms with Gasteiger partial charge in [0.1, 0.15) is 5.82 Å². The zero-order valence-corrected chi connectivity index (χ0v) is 14.3. The molecule has 7 nitrogen and oxygen atoms in total. The van der Waals surface area contributed by atoms with E-state index in [9.17, 15) is 9.59 Å². The van der Waals surface area contributed by atoms with Crippen LogP contribution in [0.4, 0.5) is 5.82 Å². The lowest BCUT2D eigenvalue weighted by atomic mass is 9.99. The third-order valence-corrected chi connectivity index (χ3v) is 4.53. The summed E-state index contributed by atoms with van der Waals surface area (Å²) in [6, 6.07) is 5.67. The lowest BCUT2D eigenvalue weighted by Gasteiger charge is -2.35. The van der Waals surface area contributed by atoms with Crippen molar-refractivity contribution in [2.45, 2.75) is 32.2 Å². The third-order valence-electron chi connectivity index (χ3n) is 4.53. The van der Waals surface area contributed by atoms with Gasteiger partial charge in [-0.1, -0.05) is 0 Å². The summed E-state index contributed by atoms with van der Waals surface area (Å²) < 4.78 is 3.57. The Morgan fingerprint density at radius 1 is 1.29 bits per heavy atom. The Kier molecular flexibility index (Phi) is 4.42. The van der Waals surface area contributed by atoms with E-state index in [0.717, 1.165) is 30.7 Å². The van der Waals surface area contributed by atoms with Crippen molar-refractivity contribution in [3.63, 3.8) is 0 Å². The van der Waals surface area contributed by atoms with Crippen LogP contribution in [-0.4, -0.2) is 37.6 Å². The van der Waals surface area contributed by atoms with Crippen LogP contribution in [0.2, 0.25) is 0 Å². The van der Waals surface area contributed by atoms with Crippen molar-refractivity contribution < 1.29 is 9.59 Å². The number of amides is 2. The molecule has 1 unspecified atom stereocenters. The van der Waals surface area contributed by atoms with Gasteiger partial charge in [0.25, 0.3) is 0 Å². The smallest absolute Gasteiger partial charge is 0.315 e. The quantitative estimate of drug-likeness (QED) is 0.853. The van der Waals surface area contributed by atoms with Gasteiger partial charge in [-0.3, -0.25) is 14.3 Å². The van der Waals surface area contributed by atoms with Crippen LogP contribution in [0.5, 0.6) is 0 Å². The van der Waals surface area contributed by atoms with Crippen molar-refractivity contribution in [2.75, 3.05) is 11.9 Å². The Labute approximate surface area is 141 Å². The number of hydrogen-bond donors (Lipinski definition) is 1. The first-order valence-corrected chi connectivity index (χ1v) is 8.21. The Bertz CT molecular complexity index is 761. The lowest BCUT2D eigenvalue weighted by Crippen LogP contribution is -2.45. The molecule has 0 bridgehead atoms. The number of anilines is 1. The summed E-state index contributed by atoms with van der Waals surface area (Å²) in [5.74, 6) is -0.572. The van der Waals surface area contributed by atoms with Crippen LogP contribution in [0.3, 0.4) is 0 Å². The molecule has 3 heterocycles. The molecule has 1 aliphatic rings. The monoisotopic (exact) mass is 329 g/mol. The van der Waals surface area contributed by atoms with Gasteiger partial charge in [-0.25, -0.2) is 0 Å². The molecular formula is C17H23N5O2. The number of likely N-dealkylation sites (tertiary alicyclic amines) is 1. The second-order valence-electron chi connectivity index (χ2n) is 6.30. The fraction of sp³-hybridized carbons (Fsp3) is 0.471. The molecule has 2 aromatic rings. The minimum absolute atomic E-state index is 0.0507. The topological polar surface area (TPSA) is 72.2 Å². The van der Waals surface area contributed by atoms with Gasteiger partial charge in [-0.05, 0) is 38.3 Å². The largest absolute Gasteiger partial charge is 0.353 e. The standard InChI is InChI=1S/C17H23N5O2/c1-12-11-15(21(3)19-12)18-16(23)17(24)22-10-5-4-7-14(22)13-8-6-9-20(13)2/h6,8-9,11,14H,4-5,7,10H2,1-3H3,(H,18,23). The van der Waals surface area contributed by atoms with Crippen LogP contribution in [0, 0.1) is 6.92 Å². The second kappa shape index (κ2) is 6.51. The molecule has 3 rings (SSSR count). The van der Waals surface area contributed by atoms with E-state index in [1.165, 1.54) is 0 Å². The van der Waals surface area contributed by atoms with Crippen LogP contribution < -0.4 is 5.32 Å². The van der Waals surface area contributed by atoms with Crippen LogP contribution in [0.1, 0.15) is 36.7 Å². The molecule has 0 radical (unpaired) electrons. The number of carbonyl (C=O) groups excluding carboxylic acids is 2. The average molecular weight is 329 g/mol. The molecule has 0 spiro atoms. The molecule has 128 valence electrons. The summed E-state index contributed by atoms with van der Waals surface area (Å²) >= 11 is 0. The number of carbonyl (C=O) groups is 2. The third kappa shape index (κ3) is 3.06. The first-order valence-electron chi connectivity index (χ1n) is 8.21. The van der Waals surface area contributed by atoms with Gasteiger partial charge >= 0.3 is 11.8 Å². The maximum Gasteiger partial charge on any atom is 0.315 e. The zero-order valence-electron chi connectivity index (χ0n) is 14.3. The predicted octanol–water partition coefficient (Wildman–Crippen LogP) is 1.76. The van der Waals surface area contributed by atoms with Crippen molar-refractivity contribution >= 4 is 17.6 Å².